The lowest BCUT2D eigenvalue weighted by Crippen LogP contribution is -2.44. The highest BCUT2D eigenvalue weighted by molar-refractivity contribution is 7.56. The summed E-state index contributed by atoms with van der Waals surface area (Å²) in [6.07, 6.45) is 0. The Balaban J connectivity index is 5.33. The van der Waals surface area contributed by atoms with E-state index in [0.717, 1.165) is 0 Å². The van der Waals surface area contributed by atoms with Crippen molar-refractivity contribution in [3.05, 3.63) is 0 Å². The second-order valence-electron chi connectivity index (χ2n) is 3.24. The predicted molar refractivity (Wildman–Crippen MR) is 66.1 cm³/mol. The molecular weight excluding hydrogens is 264 g/mol. The minimum atomic E-state index is -4.06. The fourth-order valence-electron chi connectivity index (χ4n) is 1.52. The van der Waals surface area contributed by atoms with E-state index in [1.165, 1.54) is 7.11 Å². The Morgan fingerprint density at radius 2 is 1.53 bits per heavy atom. The van der Waals surface area contributed by atoms with Gasteiger partial charge in [0.05, 0.1) is 26.3 Å². The normalized spacial score (nSPS) is 16.2. The van der Waals surface area contributed by atoms with E-state index in [4.69, 9.17) is 9.05 Å². The van der Waals surface area contributed by atoms with Gasteiger partial charge in [-0.05, 0) is 27.7 Å². The third-order valence-corrected chi connectivity index (χ3v) is 7.65. The van der Waals surface area contributed by atoms with Gasteiger partial charge >= 0.3 is 16.3 Å². The molecule has 0 aromatic heterocycles. The molecule has 1 unspecified atom stereocenters. The van der Waals surface area contributed by atoms with E-state index >= 15 is 0 Å². The number of hydrogen-bond donors (Lipinski definition) is 0. The molecule has 0 fully saturated rings. The Hall–Kier alpha value is 0.460. The first kappa shape index (κ1) is 17.5. The molecule has 0 aliphatic rings. The first-order valence-corrected chi connectivity index (χ1v) is 8.39. The van der Waals surface area contributed by atoms with Crippen molar-refractivity contribution in [1.29, 1.82) is 0 Å². The number of rotatable bonds is 9. The highest BCUT2D eigenvalue weighted by atomic mass is 31.2. The second kappa shape index (κ2) is 7.80. The van der Waals surface area contributed by atoms with Crippen molar-refractivity contribution in [2.45, 2.75) is 27.7 Å². The van der Waals surface area contributed by atoms with Crippen LogP contribution >= 0.6 is 16.3 Å². The third kappa shape index (κ3) is 3.71. The summed E-state index contributed by atoms with van der Waals surface area (Å²) in [5.41, 5.74) is 0. The van der Waals surface area contributed by atoms with Gasteiger partial charge in [-0.15, -0.1) is 0 Å². The van der Waals surface area contributed by atoms with E-state index in [1.807, 2.05) is 13.8 Å². The molecule has 0 bridgehead atoms. The first-order valence-electron chi connectivity index (χ1n) is 5.76. The van der Waals surface area contributed by atoms with Crippen LogP contribution in [0.1, 0.15) is 27.7 Å². The fraction of sp³-hybridized carbons (Fsp3) is 1.00. The van der Waals surface area contributed by atoms with Crippen molar-refractivity contribution >= 4 is 16.3 Å². The SMILES string of the molecule is CCOP(OCC)[N+](CC)(CC)P(=O)([O-])OC. The monoisotopic (exact) mass is 287 g/mol. The van der Waals surface area contributed by atoms with Crippen LogP contribution in [0.4, 0.5) is 0 Å². The molecule has 0 rings (SSSR count). The van der Waals surface area contributed by atoms with Crippen molar-refractivity contribution in [2.24, 2.45) is 0 Å². The van der Waals surface area contributed by atoms with Crippen LogP contribution in [0, 0.1) is 0 Å². The third-order valence-electron chi connectivity index (χ3n) is 2.48. The van der Waals surface area contributed by atoms with E-state index in [0.29, 0.717) is 26.3 Å². The molecule has 0 saturated heterocycles. The zero-order valence-corrected chi connectivity index (χ0v) is 13.0. The van der Waals surface area contributed by atoms with Gasteiger partial charge in [-0.1, -0.05) is 0 Å². The maximum Gasteiger partial charge on any atom is 0.423 e. The van der Waals surface area contributed by atoms with E-state index in [1.54, 1.807) is 13.8 Å². The van der Waals surface area contributed by atoms with Gasteiger partial charge in [-0.25, -0.2) is 8.59 Å². The minimum absolute atomic E-state index is 0.291. The van der Waals surface area contributed by atoms with Gasteiger partial charge in [-0.3, -0.25) is 13.6 Å². The number of nitrogens with zero attached hydrogens (tertiary/aromatic N) is 1. The average molecular weight is 287 g/mol. The molecule has 0 aliphatic carbocycles. The van der Waals surface area contributed by atoms with Crippen LogP contribution in [0.5, 0.6) is 0 Å². The molecule has 0 aliphatic heterocycles. The molecule has 8 heteroatoms. The van der Waals surface area contributed by atoms with Crippen LogP contribution in [0.15, 0.2) is 0 Å². The van der Waals surface area contributed by atoms with Gasteiger partial charge in [0.15, 0.2) is 0 Å². The Bertz CT molecular complexity index is 254. The average Bonchev–Trinajstić information content (AvgIpc) is 2.31. The van der Waals surface area contributed by atoms with Crippen molar-refractivity contribution in [2.75, 3.05) is 33.4 Å². The Kier molecular flexibility index (Phi) is 8.01. The second-order valence-corrected chi connectivity index (χ2v) is 7.38. The molecule has 0 spiro atoms. The maximum atomic E-state index is 12.1. The van der Waals surface area contributed by atoms with Crippen LogP contribution in [-0.4, -0.2) is 37.4 Å². The van der Waals surface area contributed by atoms with Crippen LogP contribution in [0.25, 0.3) is 0 Å². The largest absolute Gasteiger partial charge is 0.730 e. The minimum Gasteiger partial charge on any atom is -0.730 e. The standard InChI is InChI=1S/C9H23NO5P2/c1-6-10(7-2,17(11,12)13-5)16(14-8-3)15-9-4/h6-9H2,1-5H3. The predicted octanol–water partition coefficient (Wildman–Crippen LogP) is 2.26. The zero-order chi connectivity index (χ0) is 13.5. The summed E-state index contributed by atoms with van der Waals surface area (Å²) < 4.78 is 27.5. The quantitative estimate of drug-likeness (QED) is 0.608. The van der Waals surface area contributed by atoms with Crippen LogP contribution in [0.2, 0.25) is 0 Å². The summed E-state index contributed by atoms with van der Waals surface area (Å²) in [4.78, 5) is 12.1. The van der Waals surface area contributed by atoms with Crippen molar-refractivity contribution in [3.63, 3.8) is 0 Å². The summed E-state index contributed by atoms with van der Waals surface area (Å²) in [5, 5.41) is 0. The summed E-state index contributed by atoms with van der Waals surface area (Å²) in [5.74, 6) is 0. The van der Waals surface area contributed by atoms with Gasteiger partial charge < -0.3 is 4.89 Å². The molecule has 0 saturated carbocycles. The summed E-state index contributed by atoms with van der Waals surface area (Å²) in [7, 11) is -4.45. The zero-order valence-electron chi connectivity index (χ0n) is 11.2. The van der Waals surface area contributed by atoms with Gasteiger partial charge in [0.1, 0.15) is 0 Å². The lowest BCUT2D eigenvalue weighted by molar-refractivity contribution is -0.720. The molecule has 6 nitrogen and oxygen atoms in total. The number of hydrogen-bond acceptors (Lipinski definition) is 5. The lowest BCUT2D eigenvalue weighted by Gasteiger charge is -2.45. The Labute approximate surface area is 105 Å². The molecular formula is C9H23NO5P2. The molecule has 104 valence electrons. The van der Waals surface area contributed by atoms with E-state index in [9.17, 15) is 9.46 Å². The van der Waals surface area contributed by atoms with E-state index in [2.05, 4.69) is 4.52 Å². The highest BCUT2D eigenvalue weighted by Gasteiger charge is 2.48. The summed E-state index contributed by atoms with van der Waals surface area (Å²) in [6, 6.07) is 0. The van der Waals surface area contributed by atoms with E-state index < -0.39 is 16.3 Å². The van der Waals surface area contributed by atoms with Crippen molar-refractivity contribution < 1.29 is 27.1 Å². The van der Waals surface area contributed by atoms with Crippen molar-refractivity contribution in [3.8, 4) is 0 Å². The van der Waals surface area contributed by atoms with Gasteiger partial charge in [0.2, 0.25) is 0 Å². The molecule has 17 heavy (non-hydrogen) atoms. The topological polar surface area (TPSA) is 67.8 Å². The molecule has 0 aromatic rings. The molecule has 0 amide bonds. The maximum absolute atomic E-state index is 12.1. The van der Waals surface area contributed by atoms with Gasteiger partial charge in [-0.2, -0.15) is 0 Å². The van der Waals surface area contributed by atoms with Gasteiger partial charge in [0, 0.05) is 7.11 Å². The lowest BCUT2D eigenvalue weighted by atomic mass is 10.7. The highest BCUT2D eigenvalue weighted by Crippen LogP contribution is 2.65. The molecule has 0 radical (unpaired) electrons. The smallest absolute Gasteiger partial charge is 0.423 e. The van der Waals surface area contributed by atoms with Crippen LogP contribution in [-0.2, 0) is 18.1 Å². The molecule has 0 heterocycles. The number of quaternary nitrogens is 1. The molecule has 1 atom stereocenters. The first-order chi connectivity index (χ1) is 7.95. The van der Waals surface area contributed by atoms with Crippen LogP contribution in [0.3, 0.4) is 0 Å². The van der Waals surface area contributed by atoms with Crippen molar-refractivity contribution in [1.82, 2.24) is 0 Å². The summed E-state index contributed by atoms with van der Waals surface area (Å²) >= 11 is 0. The molecule has 0 N–H and O–H groups in total. The van der Waals surface area contributed by atoms with Gasteiger partial charge in [0.25, 0.3) is 0 Å². The van der Waals surface area contributed by atoms with Crippen LogP contribution < -0.4 is 4.89 Å². The summed E-state index contributed by atoms with van der Waals surface area (Å²) in [6.45, 7) is 8.76. The fourth-order valence-corrected chi connectivity index (χ4v) is 5.16. The Morgan fingerprint density at radius 1 is 1.12 bits per heavy atom. The molecule has 0 aromatic carbocycles. The Morgan fingerprint density at radius 3 is 1.76 bits per heavy atom. The van der Waals surface area contributed by atoms with E-state index in [-0.39, 0.29) is 4.02 Å².